The van der Waals surface area contributed by atoms with Gasteiger partial charge >= 0.3 is 0 Å². The van der Waals surface area contributed by atoms with Gasteiger partial charge in [-0.2, -0.15) is 0 Å². The van der Waals surface area contributed by atoms with Crippen LogP contribution in [-0.4, -0.2) is 5.91 Å². The SMILES string of the molecule is O=C(C=Cc1ccc(-c2ccccc2F)s1)Nc1c(F)cccc1F. The van der Waals surface area contributed by atoms with E-state index >= 15 is 0 Å². The zero-order chi connectivity index (χ0) is 17.8. The van der Waals surface area contributed by atoms with E-state index in [4.69, 9.17) is 0 Å². The Hall–Kier alpha value is -2.86. The third-order valence-electron chi connectivity index (χ3n) is 3.38. The first kappa shape index (κ1) is 17.0. The maximum absolute atomic E-state index is 13.8. The molecule has 6 heteroatoms. The van der Waals surface area contributed by atoms with Crippen molar-refractivity contribution in [3.63, 3.8) is 0 Å². The number of nitrogens with one attached hydrogen (secondary N) is 1. The number of amides is 1. The molecular formula is C19H12F3NOS. The third-order valence-corrected chi connectivity index (χ3v) is 4.46. The summed E-state index contributed by atoms with van der Waals surface area (Å²) in [5, 5.41) is 2.17. The third kappa shape index (κ3) is 3.97. The summed E-state index contributed by atoms with van der Waals surface area (Å²) < 4.78 is 40.8. The number of benzene rings is 2. The molecule has 0 atom stereocenters. The molecule has 1 N–H and O–H groups in total. The smallest absolute Gasteiger partial charge is 0.248 e. The van der Waals surface area contributed by atoms with Crippen molar-refractivity contribution in [1.29, 1.82) is 0 Å². The van der Waals surface area contributed by atoms with Crippen molar-refractivity contribution in [2.75, 3.05) is 5.32 Å². The summed E-state index contributed by atoms with van der Waals surface area (Å²) in [6, 6.07) is 13.2. The maximum Gasteiger partial charge on any atom is 0.248 e. The highest BCUT2D eigenvalue weighted by Crippen LogP contribution is 2.30. The average Bonchev–Trinajstić information content (AvgIpc) is 3.06. The molecule has 2 aromatic carbocycles. The Morgan fingerprint density at radius 1 is 0.880 bits per heavy atom. The highest BCUT2D eigenvalue weighted by Gasteiger charge is 2.10. The van der Waals surface area contributed by atoms with Crippen LogP contribution in [0.3, 0.4) is 0 Å². The fourth-order valence-electron chi connectivity index (χ4n) is 2.19. The fourth-order valence-corrected chi connectivity index (χ4v) is 3.13. The van der Waals surface area contributed by atoms with Crippen molar-refractivity contribution in [2.45, 2.75) is 0 Å². The predicted octanol–water partition coefficient (Wildman–Crippen LogP) is 5.48. The number of rotatable bonds is 4. The van der Waals surface area contributed by atoms with Gasteiger partial charge in [0, 0.05) is 21.4 Å². The van der Waals surface area contributed by atoms with E-state index in [0.717, 1.165) is 17.0 Å². The number of anilines is 1. The summed E-state index contributed by atoms with van der Waals surface area (Å²) in [6.07, 6.45) is 2.67. The standard InChI is InChI=1S/C19H12F3NOS/c20-14-5-2-1-4-13(14)17-10-8-12(25-17)9-11-18(24)23-19-15(21)6-3-7-16(19)22/h1-11H,(H,23,24). The van der Waals surface area contributed by atoms with E-state index in [1.165, 1.54) is 35.6 Å². The van der Waals surface area contributed by atoms with E-state index in [9.17, 15) is 18.0 Å². The van der Waals surface area contributed by atoms with Crippen molar-refractivity contribution >= 4 is 29.0 Å². The van der Waals surface area contributed by atoms with Crippen molar-refractivity contribution in [3.05, 3.63) is 83.0 Å². The van der Waals surface area contributed by atoms with Crippen LogP contribution in [0, 0.1) is 17.5 Å². The Morgan fingerprint density at radius 3 is 2.28 bits per heavy atom. The van der Waals surface area contributed by atoms with Crippen LogP contribution in [-0.2, 0) is 4.79 Å². The van der Waals surface area contributed by atoms with Gasteiger partial charge in [0.15, 0.2) is 0 Å². The summed E-state index contributed by atoms with van der Waals surface area (Å²) in [5.74, 6) is -2.68. The van der Waals surface area contributed by atoms with Gasteiger partial charge in [0.2, 0.25) is 5.91 Å². The molecule has 1 heterocycles. The van der Waals surface area contributed by atoms with Crippen molar-refractivity contribution in [3.8, 4) is 10.4 Å². The Labute approximate surface area is 146 Å². The Bertz CT molecular complexity index is 929. The Kier molecular flexibility index (Phi) is 5.00. The van der Waals surface area contributed by atoms with Crippen LogP contribution < -0.4 is 5.32 Å². The van der Waals surface area contributed by atoms with Gasteiger partial charge in [0.1, 0.15) is 23.1 Å². The largest absolute Gasteiger partial charge is 0.318 e. The summed E-state index contributed by atoms with van der Waals surface area (Å²) in [7, 11) is 0. The molecule has 0 radical (unpaired) electrons. The molecule has 126 valence electrons. The van der Waals surface area contributed by atoms with E-state index in [0.29, 0.717) is 10.4 Å². The van der Waals surface area contributed by atoms with Crippen LogP contribution in [0.15, 0.2) is 60.7 Å². The zero-order valence-corrected chi connectivity index (χ0v) is 13.6. The summed E-state index contributed by atoms with van der Waals surface area (Å²) in [5.41, 5.74) is -0.0135. The van der Waals surface area contributed by atoms with Crippen LogP contribution in [0.5, 0.6) is 0 Å². The van der Waals surface area contributed by atoms with E-state index < -0.39 is 23.2 Å². The number of carbonyl (C=O) groups excluding carboxylic acids is 1. The molecule has 1 amide bonds. The van der Waals surface area contributed by atoms with Crippen LogP contribution >= 0.6 is 11.3 Å². The second-order valence-electron chi connectivity index (χ2n) is 5.10. The lowest BCUT2D eigenvalue weighted by molar-refractivity contribution is -0.111. The van der Waals surface area contributed by atoms with Crippen LogP contribution in [0.4, 0.5) is 18.9 Å². The number of carbonyl (C=O) groups is 1. The van der Waals surface area contributed by atoms with Crippen LogP contribution in [0.1, 0.15) is 4.88 Å². The molecule has 2 nitrogen and oxygen atoms in total. The summed E-state index contributed by atoms with van der Waals surface area (Å²) in [6.45, 7) is 0. The first-order valence-electron chi connectivity index (χ1n) is 7.32. The lowest BCUT2D eigenvalue weighted by Crippen LogP contribution is -2.10. The predicted molar refractivity (Wildman–Crippen MR) is 93.7 cm³/mol. The van der Waals surface area contributed by atoms with Gasteiger partial charge in [0.05, 0.1) is 0 Å². The first-order valence-corrected chi connectivity index (χ1v) is 8.14. The van der Waals surface area contributed by atoms with Gasteiger partial charge in [-0.25, -0.2) is 13.2 Å². The lowest BCUT2D eigenvalue weighted by Gasteiger charge is -2.04. The molecule has 1 aromatic heterocycles. The summed E-state index contributed by atoms with van der Waals surface area (Å²) in [4.78, 5) is 13.3. The monoisotopic (exact) mass is 359 g/mol. The van der Waals surface area contributed by atoms with Crippen molar-refractivity contribution < 1.29 is 18.0 Å². The number of para-hydroxylation sites is 1. The Balaban J connectivity index is 1.73. The molecule has 0 saturated heterocycles. The molecule has 0 aliphatic carbocycles. The van der Waals surface area contributed by atoms with E-state index in [1.54, 1.807) is 30.3 Å². The second kappa shape index (κ2) is 7.36. The van der Waals surface area contributed by atoms with Crippen molar-refractivity contribution in [2.24, 2.45) is 0 Å². The lowest BCUT2D eigenvalue weighted by atomic mass is 10.2. The number of hydrogen-bond acceptors (Lipinski definition) is 2. The minimum atomic E-state index is -0.847. The van der Waals surface area contributed by atoms with Gasteiger partial charge < -0.3 is 5.32 Å². The number of hydrogen-bond donors (Lipinski definition) is 1. The van der Waals surface area contributed by atoms with Gasteiger partial charge in [-0.3, -0.25) is 4.79 Å². The second-order valence-corrected chi connectivity index (χ2v) is 6.22. The highest BCUT2D eigenvalue weighted by atomic mass is 32.1. The van der Waals surface area contributed by atoms with Gasteiger partial charge in [-0.15, -0.1) is 11.3 Å². The molecule has 0 bridgehead atoms. The van der Waals surface area contributed by atoms with Crippen LogP contribution in [0.2, 0.25) is 0 Å². The average molecular weight is 359 g/mol. The molecule has 0 unspecified atom stereocenters. The molecule has 25 heavy (non-hydrogen) atoms. The molecule has 3 rings (SSSR count). The number of thiophene rings is 1. The minimum absolute atomic E-state index is 0.326. The first-order chi connectivity index (χ1) is 12.0. The highest BCUT2D eigenvalue weighted by molar-refractivity contribution is 7.16. The fraction of sp³-hybridized carbons (Fsp3) is 0. The normalized spacial score (nSPS) is 11.0. The molecule has 0 aliphatic heterocycles. The van der Waals surface area contributed by atoms with Crippen LogP contribution in [0.25, 0.3) is 16.5 Å². The minimum Gasteiger partial charge on any atom is -0.318 e. The molecule has 3 aromatic rings. The van der Waals surface area contributed by atoms with Crippen molar-refractivity contribution in [1.82, 2.24) is 0 Å². The Morgan fingerprint density at radius 2 is 1.56 bits per heavy atom. The van der Waals surface area contributed by atoms with Gasteiger partial charge in [0.25, 0.3) is 0 Å². The topological polar surface area (TPSA) is 29.1 Å². The molecule has 0 aliphatic rings. The van der Waals surface area contributed by atoms with E-state index in [1.807, 2.05) is 0 Å². The molecular weight excluding hydrogens is 347 g/mol. The molecule has 0 fully saturated rings. The quantitative estimate of drug-likeness (QED) is 0.614. The summed E-state index contributed by atoms with van der Waals surface area (Å²) >= 11 is 1.30. The van der Waals surface area contributed by atoms with Gasteiger partial charge in [-0.1, -0.05) is 24.3 Å². The van der Waals surface area contributed by atoms with E-state index in [-0.39, 0.29) is 5.82 Å². The maximum atomic E-state index is 13.8. The zero-order valence-electron chi connectivity index (χ0n) is 12.8. The molecule has 0 saturated carbocycles. The molecule has 0 spiro atoms. The van der Waals surface area contributed by atoms with E-state index in [2.05, 4.69) is 5.32 Å². The van der Waals surface area contributed by atoms with Gasteiger partial charge in [-0.05, 0) is 36.4 Å². The number of halogens is 3.